The van der Waals surface area contributed by atoms with E-state index in [1.165, 1.54) is 6.08 Å². The lowest BCUT2D eigenvalue weighted by molar-refractivity contribution is -0.117. The highest BCUT2D eigenvalue weighted by atomic mass is 16.5. The van der Waals surface area contributed by atoms with Crippen LogP contribution < -0.4 is 20.3 Å². The molecule has 0 aromatic heterocycles. The Kier molecular flexibility index (Phi) is 7.83. The first kappa shape index (κ1) is 21.6. The van der Waals surface area contributed by atoms with Gasteiger partial charge < -0.3 is 9.47 Å². The van der Waals surface area contributed by atoms with E-state index in [0.29, 0.717) is 24.5 Å². The van der Waals surface area contributed by atoms with Gasteiger partial charge in [-0.25, -0.2) is 0 Å². The summed E-state index contributed by atoms with van der Waals surface area (Å²) in [7, 11) is 0. The standard InChI is InChI=1S/C25H24N2O4/c1-2-30-22-13-8-19(9-14-22)10-17-24(28)26-27-25(29)21-11-15-23(16-12-21)31-18-20-6-4-3-5-7-20/h3-17H,2,18H2,1H3,(H,26,28)(H,27,29)/b17-10+. The first-order valence-electron chi connectivity index (χ1n) is 9.92. The quantitative estimate of drug-likeness (QED) is 0.427. The van der Waals surface area contributed by atoms with E-state index in [1.54, 1.807) is 30.3 Å². The van der Waals surface area contributed by atoms with Gasteiger partial charge >= 0.3 is 0 Å². The van der Waals surface area contributed by atoms with Crippen LogP contribution in [0.5, 0.6) is 11.5 Å². The molecule has 0 saturated heterocycles. The molecule has 6 heteroatoms. The van der Waals surface area contributed by atoms with Crippen molar-refractivity contribution in [3.05, 3.63) is 102 Å². The topological polar surface area (TPSA) is 76.7 Å². The van der Waals surface area contributed by atoms with Gasteiger partial charge in [0.05, 0.1) is 6.61 Å². The van der Waals surface area contributed by atoms with Crippen molar-refractivity contribution in [3.8, 4) is 11.5 Å². The summed E-state index contributed by atoms with van der Waals surface area (Å²) in [6, 6.07) is 23.9. The summed E-state index contributed by atoms with van der Waals surface area (Å²) in [6.07, 6.45) is 2.99. The van der Waals surface area contributed by atoms with Crippen molar-refractivity contribution >= 4 is 17.9 Å². The number of hydrogen-bond donors (Lipinski definition) is 2. The van der Waals surface area contributed by atoms with E-state index in [4.69, 9.17) is 9.47 Å². The molecule has 0 aliphatic rings. The van der Waals surface area contributed by atoms with E-state index >= 15 is 0 Å². The summed E-state index contributed by atoms with van der Waals surface area (Å²) in [4.78, 5) is 24.1. The number of benzene rings is 3. The fraction of sp³-hybridized carbons (Fsp3) is 0.120. The normalized spacial score (nSPS) is 10.5. The molecular formula is C25H24N2O4. The average molecular weight is 416 g/mol. The van der Waals surface area contributed by atoms with Gasteiger partial charge in [-0.2, -0.15) is 0 Å². The summed E-state index contributed by atoms with van der Waals surface area (Å²) >= 11 is 0. The minimum Gasteiger partial charge on any atom is -0.494 e. The zero-order valence-electron chi connectivity index (χ0n) is 17.2. The average Bonchev–Trinajstić information content (AvgIpc) is 2.82. The van der Waals surface area contributed by atoms with Crippen molar-refractivity contribution in [2.45, 2.75) is 13.5 Å². The summed E-state index contributed by atoms with van der Waals surface area (Å²) in [6.45, 7) is 2.96. The molecule has 0 saturated carbocycles. The number of ether oxygens (including phenoxy) is 2. The van der Waals surface area contributed by atoms with Gasteiger partial charge in [0.25, 0.3) is 11.8 Å². The number of carbonyl (C=O) groups is 2. The van der Waals surface area contributed by atoms with Crippen molar-refractivity contribution in [2.24, 2.45) is 0 Å². The Bertz CT molecular complexity index is 1010. The van der Waals surface area contributed by atoms with Crippen LogP contribution in [-0.4, -0.2) is 18.4 Å². The SMILES string of the molecule is CCOc1ccc(/C=C/C(=O)NNC(=O)c2ccc(OCc3ccccc3)cc2)cc1. The molecule has 0 heterocycles. The maximum Gasteiger partial charge on any atom is 0.269 e. The van der Waals surface area contributed by atoms with E-state index < -0.39 is 11.8 Å². The molecule has 0 fully saturated rings. The summed E-state index contributed by atoms with van der Waals surface area (Å²) in [5, 5.41) is 0. The smallest absolute Gasteiger partial charge is 0.269 e. The number of hydrogen-bond acceptors (Lipinski definition) is 4. The fourth-order valence-corrected chi connectivity index (χ4v) is 2.69. The predicted molar refractivity (Wildman–Crippen MR) is 119 cm³/mol. The Hall–Kier alpha value is -4.06. The molecule has 6 nitrogen and oxygen atoms in total. The molecule has 31 heavy (non-hydrogen) atoms. The molecule has 158 valence electrons. The first-order chi connectivity index (χ1) is 15.1. The molecule has 2 N–H and O–H groups in total. The van der Waals surface area contributed by atoms with Crippen LogP contribution in [0.1, 0.15) is 28.4 Å². The number of carbonyl (C=O) groups excluding carboxylic acids is 2. The van der Waals surface area contributed by atoms with Gasteiger partial charge in [0, 0.05) is 11.6 Å². The van der Waals surface area contributed by atoms with Crippen molar-refractivity contribution in [1.82, 2.24) is 10.9 Å². The molecule has 3 aromatic rings. The molecule has 0 aliphatic carbocycles. The monoisotopic (exact) mass is 416 g/mol. The van der Waals surface area contributed by atoms with E-state index in [0.717, 1.165) is 16.9 Å². The van der Waals surface area contributed by atoms with Gasteiger partial charge in [0.1, 0.15) is 18.1 Å². The molecule has 0 spiro atoms. The van der Waals surface area contributed by atoms with Crippen LogP contribution in [0.25, 0.3) is 6.08 Å². The minimum atomic E-state index is -0.440. The van der Waals surface area contributed by atoms with Crippen LogP contribution >= 0.6 is 0 Å². The number of rotatable bonds is 8. The Morgan fingerprint density at radius 3 is 2.13 bits per heavy atom. The van der Waals surface area contributed by atoms with E-state index in [2.05, 4.69) is 10.9 Å². The molecule has 0 bridgehead atoms. The van der Waals surface area contributed by atoms with Crippen molar-refractivity contribution in [2.75, 3.05) is 6.61 Å². The highest BCUT2D eigenvalue weighted by Crippen LogP contribution is 2.15. The van der Waals surface area contributed by atoms with Crippen LogP contribution in [-0.2, 0) is 11.4 Å². The van der Waals surface area contributed by atoms with Crippen LogP contribution in [0.2, 0.25) is 0 Å². The molecule has 0 atom stereocenters. The van der Waals surface area contributed by atoms with E-state index in [-0.39, 0.29) is 0 Å². The number of hydrazine groups is 1. The largest absolute Gasteiger partial charge is 0.494 e. The lowest BCUT2D eigenvalue weighted by Crippen LogP contribution is -2.40. The van der Waals surface area contributed by atoms with Crippen LogP contribution in [0.3, 0.4) is 0 Å². The molecule has 0 unspecified atom stereocenters. The zero-order valence-corrected chi connectivity index (χ0v) is 17.2. The second kappa shape index (κ2) is 11.2. The van der Waals surface area contributed by atoms with Crippen molar-refractivity contribution in [3.63, 3.8) is 0 Å². The maximum absolute atomic E-state index is 12.2. The first-order valence-corrected chi connectivity index (χ1v) is 9.92. The highest BCUT2D eigenvalue weighted by molar-refractivity contribution is 5.98. The van der Waals surface area contributed by atoms with Crippen LogP contribution in [0.15, 0.2) is 84.9 Å². The van der Waals surface area contributed by atoms with Gasteiger partial charge in [-0.05, 0) is 60.5 Å². The number of amides is 2. The van der Waals surface area contributed by atoms with E-state index in [1.807, 2.05) is 61.5 Å². The Balaban J connectivity index is 1.44. The molecule has 3 aromatic carbocycles. The Morgan fingerprint density at radius 2 is 1.45 bits per heavy atom. The third-order valence-electron chi connectivity index (χ3n) is 4.28. The summed E-state index contributed by atoms with van der Waals surface area (Å²) in [5.74, 6) is 0.568. The maximum atomic E-state index is 12.2. The number of nitrogens with one attached hydrogen (secondary N) is 2. The molecule has 2 amide bonds. The van der Waals surface area contributed by atoms with Crippen molar-refractivity contribution in [1.29, 1.82) is 0 Å². The Morgan fingerprint density at radius 1 is 0.806 bits per heavy atom. The van der Waals surface area contributed by atoms with Crippen LogP contribution in [0, 0.1) is 0 Å². The molecule has 0 radical (unpaired) electrons. The lowest BCUT2D eigenvalue weighted by atomic mass is 10.2. The summed E-state index contributed by atoms with van der Waals surface area (Å²) in [5.41, 5.74) is 7.06. The third kappa shape index (κ3) is 7.04. The summed E-state index contributed by atoms with van der Waals surface area (Å²) < 4.78 is 11.1. The lowest BCUT2D eigenvalue weighted by Gasteiger charge is -2.08. The van der Waals surface area contributed by atoms with Gasteiger partial charge in [0.15, 0.2) is 0 Å². The van der Waals surface area contributed by atoms with Gasteiger partial charge in [-0.3, -0.25) is 20.4 Å². The van der Waals surface area contributed by atoms with Gasteiger partial charge in [-0.15, -0.1) is 0 Å². The zero-order chi connectivity index (χ0) is 21.9. The van der Waals surface area contributed by atoms with Gasteiger partial charge in [-0.1, -0.05) is 42.5 Å². The molecule has 0 aliphatic heterocycles. The third-order valence-corrected chi connectivity index (χ3v) is 4.28. The molecule has 3 rings (SSSR count). The van der Waals surface area contributed by atoms with Gasteiger partial charge in [0.2, 0.25) is 0 Å². The Labute approximate surface area is 181 Å². The second-order valence-electron chi connectivity index (χ2n) is 6.58. The fourth-order valence-electron chi connectivity index (χ4n) is 2.69. The molecular weight excluding hydrogens is 392 g/mol. The highest BCUT2D eigenvalue weighted by Gasteiger charge is 2.06. The van der Waals surface area contributed by atoms with Crippen LogP contribution in [0.4, 0.5) is 0 Å². The predicted octanol–water partition coefficient (Wildman–Crippen LogP) is 4.14. The minimum absolute atomic E-state index is 0.405. The van der Waals surface area contributed by atoms with Crippen molar-refractivity contribution < 1.29 is 19.1 Å². The van der Waals surface area contributed by atoms with E-state index in [9.17, 15) is 9.59 Å². The second-order valence-corrected chi connectivity index (χ2v) is 6.58.